The summed E-state index contributed by atoms with van der Waals surface area (Å²) in [5.41, 5.74) is -0.341. The maximum atomic E-state index is 12.8. The van der Waals surface area contributed by atoms with Crippen LogP contribution < -0.4 is 20.1 Å². The first kappa shape index (κ1) is 21.5. The molecule has 2 N–H and O–H groups in total. The Morgan fingerprint density at radius 1 is 1.23 bits per heavy atom. The Kier molecular flexibility index (Phi) is 5.68. The number of halogens is 6. The lowest BCUT2D eigenvalue weighted by molar-refractivity contribution is -0.153. The highest BCUT2D eigenvalue weighted by atomic mass is 19.4. The number of aromatic nitrogens is 1. The fraction of sp³-hybridized carbons (Fsp3) is 0.333. The summed E-state index contributed by atoms with van der Waals surface area (Å²) in [6, 6.07) is 4.81. The van der Waals surface area contributed by atoms with Gasteiger partial charge >= 0.3 is 12.4 Å². The van der Waals surface area contributed by atoms with Crippen molar-refractivity contribution in [2.45, 2.75) is 31.5 Å². The molecule has 1 amide bonds. The lowest BCUT2D eigenvalue weighted by Gasteiger charge is -2.17. The summed E-state index contributed by atoms with van der Waals surface area (Å²) in [7, 11) is 0. The normalized spacial score (nSPS) is 16.8. The summed E-state index contributed by atoms with van der Waals surface area (Å²) in [6.07, 6.45) is -9.19. The summed E-state index contributed by atoms with van der Waals surface area (Å²) < 4.78 is 84.6. The monoisotopic (exact) mass is 435 g/mol. The number of anilines is 1. The molecule has 1 aromatic heterocycles. The minimum atomic E-state index is -4.55. The van der Waals surface area contributed by atoms with E-state index >= 15 is 0 Å². The van der Waals surface area contributed by atoms with Crippen LogP contribution in [-0.4, -0.2) is 29.9 Å². The number of benzene rings is 1. The smallest absolute Gasteiger partial charge is 0.422 e. The SMILES string of the molecule is C[C@@H](NC(=O)C1Nc2ccc(C(F)(F)F)cc2O1)c1ccc(OCC(F)(F)F)cn1. The average Bonchev–Trinajstić information content (AvgIpc) is 3.09. The second kappa shape index (κ2) is 7.92. The number of hydrogen-bond acceptors (Lipinski definition) is 5. The van der Waals surface area contributed by atoms with E-state index in [-0.39, 0.29) is 17.2 Å². The number of fused-ring (bicyclic) bond motifs is 1. The maximum absolute atomic E-state index is 12.8. The van der Waals surface area contributed by atoms with Gasteiger partial charge in [0.1, 0.15) is 11.5 Å². The van der Waals surface area contributed by atoms with Gasteiger partial charge in [0.05, 0.1) is 29.2 Å². The molecule has 0 saturated carbocycles. The molecule has 0 saturated heterocycles. The third kappa shape index (κ3) is 5.24. The van der Waals surface area contributed by atoms with E-state index in [1.807, 2.05) is 0 Å². The number of ether oxygens (including phenoxy) is 2. The minimum absolute atomic E-state index is 0.0914. The Labute approximate surface area is 166 Å². The molecule has 0 bridgehead atoms. The minimum Gasteiger partial charge on any atom is -0.483 e. The van der Waals surface area contributed by atoms with E-state index in [1.54, 1.807) is 6.92 Å². The molecule has 2 aromatic rings. The van der Waals surface area contributed by atoms with Crippen molar-refractivity contribution in [1.29, 1.82) is 0 Å². The van der Waals surface area contributed by atoms with Crippen molar-refractivity contribution < 1.29 is 40.6 Å². The highest BCUT2D eigenvalue weighted by Gasteiger charge is 2.35. The van der Waals surface area contributed by atoms with Gasteiger partial charge in [0.2, 0.25) is 6.23 Å². The van der Waals surface area contributed by atoms with Gasteiger partial charge in [0.25, 0.3) is 5.91 Å². The molecule has 30 heavy (non-hydrogen) atoms. The van der Waals surface area contributed by atoms with E-state index in [1.165, 1.54) is 12.1 Å². The number of rotatable bonds is 5. The topological polar surface area (TPSA) is 72.5 Å². The van der Waals surface area contributed by atoms with Crippen molar-refractivity contribution in [2.75, 3.05) is 11.9 Å². The maximum Gasteiger partial charge on any atom is 0.422 e. The molecule has 1 aliphatic rings. The Morgan fingerprint density at radius 3 is 2.57 bits per heavy atom. The highest BCUT2D eigenvalue weighted by molar-refractivity contribution is 5.86. The molecule has 2 heterocycles. The molecule has 2 atom stereocenters. The van der Waals surface area contributed by atoms with Crippen LogP contribution in [0.1, 0.15) is 24.2 Å². The van der Waals surface area contributed by atoms with Crippen LogP contribution >= 0.6 is 0 Å². The predicted molar refractivity (Wildman–Crippen MR) is 91.8 cm³/mol. The first-order valence-electron chi connectivity index (χ1n) is 8.53. The van der Waals surface area contributed by atoms with E-state index < -0.39 is 42.7 Å². The fourth-order valence-corrected chi connectivity index (χ4v) is 2.59. The van der Waals surface area contributed by atoms with Gasteiger partial charge < -0.3 is 20.1 Å². The van der Waals surface area contributed by atoms with Crippen LogP contribution in [0.25, 0.3) is 0 Å². The van der Waals surface area contributed by atoms with Crippen molar-refractivity contribution in [3.05, 3.63) is 47.8 Å². The molecule has 0 spiro atoms. The van der Waals surface area contributed by atoms with Crippen molar-refractivity contribution >= 4 is 11.6 Å². The van der Waals surface area contributed by atoms with Crippen LogP contribution in [0.2, 0.25) is 0 Å². The van der Waals surface area contributed by atoms with Crippen LogP contribution in [0.15, 0.2) is 36.5 Å². The lowest BCUT2D eigenvalue weighted by atomic mass is 10.2. The molecule has 162 valence electrons. The number of carbonyl (C=O) groups excluding carboxylic acids is 1. The molecule has 0 radical (unpaired) electrons. The van der Waals surface area contributed by atoms with Crippen LogP contribution in [0.5, 0.6) is 11.5 Å². The average molecular weight is 435 g/mol. The summed E-state index contributed by atoms with van der Waals surface area (Å²) in [6.45, 7) is 0.113. The van der Waals surface area contributed by atoms with Crippen LogP contribution in [0, 0.1) is 0 Å². The van der Waals surface area contributed by atoms with Gasteiger partial charge in [0, 0.05) is 0 Å². The van der Waals surface area contributed by atoms with Gasteiger partial charge in [-0.2, -0.15) is 26.3 Å². The molecule has 1 aromatic carbocycles. The van der Waals surface area contributed by atoms with Gasteiger partial charge in [0.15, 0.2) is 6.61 Å². The summed E-state index contributed by atoms with van der Waals surface area (Å²) in [4.78, 5) is 16.3. The lowest BCUT2D eigenvalue weighted by Crippen LogP contribution is -2.42. The number of nitrogens with one attached hydrogen (secondary N) is 2. The van der Waals surface area contributed by atoms with E-state index in [4.69, 9.17) is 4.74 Å². The third-order valence-electron chi connectivity index (χ3n) is 4.04. The zero-order valence-corrected chi connectivity index (χ0v) is 15.3. The number of carbonyl (C=O) groups is 1. The Balaban J connectivity index is 1.58. The molecule has 1 unspecified atom stereocenters. The van der Waals surface area contributed by atoms with E-state index in [2.05, 4.69) is 20.4 Å². The molecule has 0 fully saturated rings. The summed E-state index contributed by atoms with van der Waals surface area (Å²) in [5, 5.41) is 5.22. The first-order chi connectivity index (χ1) is 13.9. The molecule has 0 aliphatic carbocycles. The quantitative estimate of drug-likeness (QED) is 0.694. The van der Waals surface area contributed by atoms with Crippen molar-refractivity contribution in [3.63, 3.8) is 0 Å². The first-order valence-corrected chi connectivity index (χ1v) is 8.53. The van der Waals surface area contributed by atoms with E-state index in [0.717, 1.165) is 24.4 Å². The third-order valence-corrected chi connectivity index (χ3v) is 4.04. The van der Waals surface area contributed by atoms with Crippen molar-refractivity contribution in [3.8, 4) is 11.5 Å². The molecule has 1 aliphatic heterocycles. The zero-order chi connectivity index (χ0) is 22.1. The standard InChI is InChI=1S/C18H15F6N3O3/c1-9(12-5-3-11(7-25-12)29-8-17(19,20)21)26-15(28)16-27-13-4-2-10(18(22,23)24)6-14(13)30-16/h2-7,9,16,27H,8H2,1H3,(H,26,28)/t9-,16?/m1/s1. The fourth-order valence-electron chi connectivity index (χ4n) is 2.59. The van der Waals surface area contributed by atoms with Crippen molar-refractivity contribution in [2.24, 2.45) is 0 Å². The van der Waals surface area contributed by atoms with Gasteiger partial charge in [-0.1, -0.05) is 0 Å². The van der Waals surface area contributed by atoms with E-state index in [0.29, 0.717) is 5.69 Å². The second-order valence-corrected chi connectivity index (χ2v) is 6.40. The number of hydrogen-bond donors (Lipinski definition) is 2. The molecule has 6 nitrogen and oxygen atoms in total. The molecule has 3 rings (SSSR count). The predicted octanol–water partition coefficient (Wildman–Crippen LogP) is 4.05. The van der Waals surface area contributed by atoms with E-state index in [9.17, 15) is 31.1 Å². The van der Waals surface area contributed by atoms with Gasteiger partial charge in [-0.15, -0.1) is 0 Å². The Morgan fingerprint density at radius 2 is 1.97 bits per heavy atom. The Bertz CT molecular complexity index is 915. The number of amides is 1. The number of pyridine rings is 1. The summed E-state index contributed by atoms with van der Waals surface area (Å²) in [5.74, 6) is -0.861. The van der Waals surface area contributed by atoms with Gasteiger partial charge in [-0.05, 0) is 37.3 Å². The second-order valence-electron chi connectivity index (χ2n) is 6.40. The Hall–Kier alpha value is -3.18. The molecular formula is C18H15F6N3O3. The van der Waals surface area contributed by atoms with Gasteiger partial charge in [-0.25, -0.2) is 0 Å². The largest absolute Gasteiger partial charge is 0.483 e. The highest BCUT2D eigenvalue weighted by Crippen LogP contribution is 2.38. The summed E-state index contributed by atoms with van der Waals surface area (Å²) >= 11 is 0. The van der Waals surface area contributed by atoms with Crippen LogP contribution in [0.4, 0.5) is 32.0 Å². The molecule has 12 heteroatoms. The number of nitrogens with zero attached hydrogens (tertiary/aromatic N) is 1. The number of alkyl halides is 6. The van der Waals surface area contributed by atoms with Crippen molar-refractivity contribution in [1.82, 2.24) is 10.3 Å². The van der Waals surface area contributed by atoms with Crippen LogP contribution in [0.3, 0.4) is 0 Å². The van der Waals surface area contributed by atoms with Gasteiger partial charge in [-0.3, -0.25) is 9.78 Å². The van der Waals surface area contributed by atoms with Crippen LogP contribution in [-0.2, 0) is 11.0 Å². The molecular weight excluding hydrogens is 420 g/mol. The zero-order valence-electron chi connectivity index (χ0n) is 15.3.